The second-order valence-corrected chi connectivity index (χ2v) is 5.21. The summed E-state index contributed by atoms with van der Waals surface area (Å²) in [5, 5.41) is 7.16. The van der Waals surface area contributed by atoms with Crippen molar-refractivity contribution in [1.29, 1.82) is 0 Å². The van der Waals surface area contributed by atoms with Crippen LogP contribution < -0.4 is 5.32 Å². The summed E-state index contributed by atoms with van der Waals surface area (Å²) in [5.41, 5.74) is 0.892. The van der Waals surface area contributed by atoms with Crippen LogP contribution in [0.5, 0.6) is 0 Å². The van der Waals surface area contributed by atoms with Crippen LogP contribution in [0, 0.1) is 12.8 Å². The van der Waals surface area contributed by atoms with Gasteiger partial charge in [-0.05, 0) is 35.7 Å². The topological polar surface area (TPSA) is 46.9 Å². The zero-order chi connectivity index (χ0) is 12.3. The van der Waals surface area contributed by atoms with E-state index in [2.05, 4.69) is 40.2 Å². The normalized spacial score (nSPS) is 12.9. The first-order valence-corrected chi connectivity index (χ1v) is 6.20. The third kappa shape index (κ3) is 3.33. The first-order valence-electron chi connectivity index (χ1n) is 5.40. The van der Waals surface area contributed by atoms with Crippen LogP contribution >= 0.6 is 15.9 Å². The Labute approximate surface area is 105 Å². The van der Waals surface area contributed by atoms with Gasteiger partial charge in [-0.15, -0.1) is 0 Å². The van der Waals surface area contributed by atoms with Gasteiger partial charge in [0, 0.05) is 12.7 Å². The van der Waals surface area contributed by atoms with Crippen LogP contribution in [-0.2, 0) is 4.79 Å². The number of halogens is 1. The van der Waals surface area contributed by atoms with E-state index in [1.54, 1.807) is 4.68 Å². The summed E-state index contributed by atoms with van der Waals surface area (Å²) >= 11 is 3.38. The molecule has 16 heavy (non-hydrogen) atoms. The summed E-state index contributed by atoms with van der Waals surface area (Å²) in [6.07, 6.45) is 1.83. The first-order chi connectivity index (χ1) is 7.41. The molecular weight excluding hydrogens is 270 g/mol. The molecule has 1 amide bonds. The highest BCUT2D eigenvalue weighted by molar-refractivity contribution is 9.10. The largest absolute Gasteiger partial charge is 0.354 e. The van der Waals surface area contributed by atoms with Crippen molar-refractivity contribution in [2.75, 3.05) is 6.54 Å². The van der Waals surface area contributed by atoms with Crippen LogP contribution in [0.4, 0.5) is 0 Å². The highest BCUT2D eigenvalue weighted by atomic mass is 79.9. The highest BCUT2D eigenvalue weighted by Gasteiger charge is 2.16. The predicted octanol–water partition coefficient (Wildman–Crippen LogP) is 2.29. The molecule has 1 rings (SSSR count). The molecule has 0 radical (unpaired) electrons. The Morgan fingerprint density at radius 1 is 1.56 bits per heavy atom. The number of nitrogens with one attached hydrogen (secondary N) is 1. The van der Waals surface area contributed by atoms with Crippen molar-refractivity contribution in [2.24, 2.45) is 5.92 Å². The molecule has 1 unspecified atom stereocenters. The predicted molar refractivity (Wildman–Crippen MR) is 67.2 cm³/mol. The minimum absolute atomic E-state index is 0.00343. The maximum absolute atomic E-state index is 11.8. The van der Waals surface area contributed by atoms with Gasteiger partial charge < -0.3 is 5.32 Å². The molecule has 1 N–H and O–H groups in total. The second-order valence-electron chi connectivity index (χ2n) is 4.36. The molecule has 1 aromatic heterocycles. The summed E-state index contributed by atoms with van der Waals surface area (Å²) < 4.78 is 2.60. The molecule has 0 aliphatic rings. The van der Waals surface area contributed by atoms with E-state index < -0.39 is 0 Å². The van der Waals surface area contributed by atoms with Gasteiger partial charge in [0.25, 0.3) is 0 Å². The zero-order valence-corrected chi connectivity index (χ0v) is 11.7. The molecule has 1 heterocycles. The third-order valence-corrected chi connectivity index (χ3v) is 3.10. The van der Waals surface area contributed by atoms with Crippen molar-refractivity contribution in [1.82, 2.24) is 15.1 Å². The van der Waals surface area contributed by atoms with Crippen molar-refractivity contribution in [3.63, 3.8) is 0 Å². The maximum Gasteiger partial charge on any atom is 0.244 e. The van der Waals surface area contributed by atoms with Crippen LogP contribution in [0.1, 0.15) is 32.5 Å². The molecule has 0 aromatic carbocycles. The standard InChI is InChI=1S/C11H18BrN3O/c1-7(2)5-13-11(16)9(4)15-6-10(12)8(3)14-15/h6-7,9H,5H2,1-4H3,(H,13,16). The number of rotatable bonds is 4. The number of nitrogens with zero attached hydrogens (tertiary/aromatic N) is 2. The smallest absolute Gasteiger partial charge is 0.244 e. The van der Waals surface area contributed by atoms with Crippen LogP contribution in [-0.4, -0.2) is 22.2 Å². The summed E-state index contributed by atoms with van der Waals surface area (Å²) in [6, 6.07) is -0.274. The number of hydrogen-bond acceptors (Lipinski definition) is 2. The molecule has 0 bridgehead atoms. The third-order valence-electron chi connectivity index (χ3n) is 2.32. The van der Waals surface area contributed by atoms with Crippen LogP contribution in [0.2, 0.25) is 0 Å². The SMILES string of the molecule is Cc1nn(C(C)C(=O)NCC(C)C)cc1Br. The Hall–Kier alpha value is -0.840. The van der Waals surface area contributed by atoms with E-state index in [4.69, 9.17) is 0 Å². The van der Waals surface area contributed by atoms with Gasteiger partial charge in [0.1, 0.15) is 6.04 Å². The maximum atomic E-state index is 11.8. The van der Waals surface area contributed by atoms with Gasteiger partial charge in [0.15, 0.2) is 0 Å². The number of aromatic nitrogens is 2. The van der Waals surface area contributed by atoms with E-state index >= 15 is 0 Å². The number of hydrogen-bond donors (Lipinski definition) is 1. The Kier molecular flexibility index (Phi) is 4.53. The molecule has 0 saturated heterocycles. The van der Waals surface area contributed by atoms with E-state index in [9.17, 15) is 4.79 Å². The molecule has 5 heteroatoms. The molecule has 0 spiro atoms. The fourth-order valence-corrected chi connectivity index (χ4v) is 1.52. The second kappa shape index (κ2) is 5.48. The highest BCUT2D eigenvalue weighted by Crippen LogP contribution is 2.16. The molecule has 90 valence electrons. The summed E-state index contributed by atoms with van der Waals surface area (Å²) in [6.45, 7) is 8.58. The minimum Gasteiger partial charge on any atom is -0.354 e. The van der Waals surface area contributed by atoms with Gasteiger partial charge in [-0.2, -0.15) is 5.10 Å². The van der Waals surface area contributed by atoms with E-state index in [1.807, 2.05) is 20.0 Å². The number of carbonyl (C=O) groups is 1. The molecule has 0 aliphatic heterocycles. The molecular formula is C11H18BrN3O. The summed E-state index contributed by atoms with van der Waals surface area (Å²) in [4.78, 5) is 11.8. The molecule has 4 nitrogen and oxygen atoms in total. The summed E-state index contributed by atoms with van der Waals surface area (Å²) in [7, 11) is 0. The van der Waals surface area contributed by atoms with Gasteiger partial charge in [-0.1, -0.05) is 13.8 Å². The van der Waals surface area contributed by atoms with Crippen molar-refractivity contribution in [3.8, 4) is 0 Å². The lowest BCUT2D eigenvalue weighted by Crippen LogP contribution is -2.33. The van der Waals surface area contributed by atoms with E-state index in [0.717, 1.165) is 10.2 Å². The Morgan fingerprint density at radius 2 is 2.19 bits per heavy atom. The zero-order valence-electron chi connectivity index (χ0n) is 10.1. The average Bonchev–Trinajstić information content (AvgIpc) is 2.54. The Balaban J connectivity index is 2.63. The number of aryl methyl sites for hydroxylation is 1. The molecule has 1 atom stereocenters. The lowest BCUT2D eigenvalue weighted by Gasteiger charge is -2.13. The average molecular weight is 288 g/mol. The molecule has 0 aliphatic carbocycles. The van der Waals surface area contributed by atoms with Gasteiger partial charge in [0.2, 0.25) is 5.91 Å². The van der Waals surface area contributed by atoms with Gasteiger partial charge in [-0.25, -0.2) is 0 Å². The van der Waals surface area contributed by atoms with Crippen molar-refractivity contribution in [3.05, 3.63) is 16.4 Å². The van der Waals surface area contributed by atoms with Crippen LogP contribution in [0.25, 0.3) is 0 Å². The van der Waals surface area contributed by atoms with Crippen LogP contribution in [0.15, 0.2) is 10.7 Å². The number of carbonyl (C=O) groups excluding carboxylic acids is 1. The van der Waals surface area contributed by atoms with Gasteiger partial charge in [0.05, 0.1) is 10.2 Å². The van der Waals surface area contributed by atoms with Crippen molar-refractivity contribution >= 4 is 21.8 Å². The van der Waals surface area contributed by atoms with E-state index in [-0.39, 0.29) is 11.9 Å². The van der Waals surface area contributed by atoms with Crippen molar-refractivity contribution < 1.29 is 4.79 Å². The first kappa shape index (κ1) is 13.2. The number of amides is 1. The molecule has 1 aromatic rings. The van der Waals surface area contributed by atoms with Crippen molar-refractivity contribution in [2.45, 2.75) is 33.7 Å². The quantitative estimate of drug-likeness (QED) is 0.924. The molecule has 0 saturated carbocycles. The van der Waals surface area contributed by atoms with E-state index in [0.29, 0.717) is 12.5 Å². The fourth-order valence-electron chi connectivity index (χ4n) is 1.23. The van der Waals surface area contributed by atoms with E-state index in [1.165, 1.54) is 0 Å². The minimum atomic E-state index is -0.274. The Morgan fingerprint density at radius 3 is 2.62 bits per heavy atom. The lowest BCUT2D eigenvalue weighted by molar-refractivity contribution is -0.124. The van der Waals surface area contributed by atoms with Crippen LogP contribution in [0.3, 0.4) is 0 Å². The van der Waals surface area contributed by atoms with Gasteiger partial charge >= 0.3 is 0 Å². The Bertz CT molecular complexity index is 354. The van der Waals surface area contributed by atoms with Gasteiger partial charge in [-0.3, -0.25) is 9.48 Å². The summed E-state index contributed by atoms with van der Waals surface area (Å²) in [5.74, 6) is 0.464. The monoisotopic (exact) mass is 287 g/mol. The lowest BCUT2D eigenvalue weighted by atomic mass is 10.2. The molecule has 0 fully saturated rings. The fraction of sp³-hybridized carbons (Fsp3) is 0.636.